The Bertz CT molecular complexity index is 1020. The summed E-state index contributed by atoms with van der Waals surface area (Å²) in [5, 5.41) is 2.68. The van der Waals surface area contributed by atoms with Crippen LogP contribution in [0.2, 0.25) is 0 Å². The normalized spacial score (nSPS) is 12.3. The number of nitrogens with one attached hydrogen (secondary N) is 2. The van der Waals surface area contributed by atoms with Crippen LogP contribution in [0.1, 0.15) is 11.1 Å². The molecule has 0 amide bonds. The number of halogens is 2. The fourth-order valence-electron chi connectivity index (χ4n) is 2.41. The van der Waals surface area contributed by atoms with E-state index in [0.29, 0.717) is 5.56 Å². The van der Waals surface area contributed by atoms with Gasteiger partial charge in [-0.3, -0.25) is 0 Å². The van der Waals surface area contributed by atoms with Crippen LogP contribution in [0.3, 0.4) is 0 Å². The van der Waals surface area contributed by atoms with Crippen LogP contribution < -0.4 is 10.0 Å². The van der Waals surface area contributed by atoms with Crippen LogP contribution >= 0.6 is 0 Å². The fourth-order valence-corrected chi connectivity index (χ4v) is 4.68. The second-order valence-corrected chi connectivity index (χ2v) is 9.52. The number of rotatable bonds is 8. The van der Waals surface area contributed by atoms with Gasteiger partial charge < -0.3 is 5.32 Å². The van der Waals surface area contributed by atoms with Gasteiger partial charge in [-0.05, 0) is 43.2 Å². The first-order valence-electron chi connectivity index (χ1n) is 7.97. The summed E-state index contributed by atoms with van der Waals surface area (Å²) in [4.78, 5) is -0.374. The summed E-state index contributed by atoms with van der Waals surface area (Å²) in [6, 6.07) is 10.3. The molecule has 27 heavy (non-hydrogen) atoms. The van der Waals surface area contributed by atoms with E-state index in [1.165, 1.54) is 18.2 Å². The van der Waals surface area contributed by atoms with E-state index in [9.17, 15) is 25.6 Å². The Hall–Kier alpha value is -2.04. The molecule has 0 spiro atoms. The molecule has 0 aliphatic heterocycles. The monoisotopic (exact) mass is 418 g/mol. The standard InChI is InChI=1S/C17H20F2N2O4S2/c1-12-7-8-13(2)16(11-12)27(24,25)21-10-9-20-14-5-3-4-6-15(14)26(22,23)17(18)19/h3-8,11,17,20-21H,9-10H2,1-2H3. The number of benzene rings is 2. The zero-order chi connectivity index (χ0) is 20.2. The van der Waals surface area contributed by atoms with Crippen molar-refractivity contribution in [2.75, 3.05) is 18.4 Å². The van der Waals surface area contributed by atoms with E-state index in [1.807, 2.05) is 0 Å². The number of sulfonamides is 1. The minimum absolute atomic E-state index is 0.0104. The van der Waals surface area contributed by atoms with Gasteiger partial charge >= 0.3 is 5.76 Å². The van der Waals surface area contributed by atoms with E-state index in [4.69, 9.17) is 0 Å². The summed E-state index contributed by atoms with van der Waals surface area (Å²) in [6.07, 6.45) is 0. The maximum absolute atomic E-state index is 12.8. The van der Waals surface area contributed by atoms with Gasteiger partial charge in [-0.2, -0.15) is 8.78 Å². The average molecular weight is 418 g/mol. The topological polar surface area (TPSA) is 92.3 Å². The minimum atomic E-state index is -4.76. The largest absolute Gasteiger partial charge is 0.383 e. The third-order valence-corrected chi connectivity index (χ3v) is 6.84. The van der Waals surface area contributed by atoms with Crippen LogP contribution in [0.4, 0.5) is 14.5 Å². The van der Waals surface area contributed by atoms with Crippen molar-refractivity contribution in [2.24, 2.45) is 0 Å². The Morgan fingerprint density at radius 2 is 1.59 bits per heavy atom. The Balaban J connectivity index is 2.07. The lowest BCUT2D eigenvalue weighted by Gasteiger charge is -2.13. The Morgan fingerprint density at radius 1 is 0.926 bits per heavy atom. The second-order valence-electron chi connectivity index (χ2n) is 5.90. The molecule has 0 fully saturated rings. The number of sulfone groups is 1. The summed E-state index contributed by atoms with van der Waals surface area (Å²) in [5.74, 6) is -3.54. The molecule has 0 saturated heterocycles. The van der Waals surface area contributed by atoms with Crippen LogP contribution in [-0.4, -0.2) is 35.7 Å². The van der Waals surface area contributed by atoms with E-state index in [2.05, 4.69) is 10.0 Å². The Labute approximate surface area is 157 Å². The predicted octanol–water partition coefficient (Wildman–Crippen LogP) is 2.69. The molecule has 2 aromatic carbocycles. The minimum Gasteiger partial charge on any atom is -0.383 e. The van der Waals surface area contributed by atoms with Gasteiger partial charge in [0.15, 0.2) is 0 Å². The molecule has 0 aromatic heterocycles. The van der Waals surface area contributed by atoms with Crippen LogP contribution in [0.25, 0.3) is 0 Å². The first-order valence-corrected chi connectivity index (χ1v) is 11.0. The highest BCUT2D eigenvalue weighted by Crippen LogP contribution is 2.25. The van der Waals surface area contributed by atoms with Gasteiger partial charge in [0.1, 0.15) is 0 Å². The van der Waals surface area contributed by atoms with Gasteiger partial charge in [-0.15, -0.1) is 0 Å². The summed E-state index contributed by atoms with van der Waals surface area (Å²) in [5.41, 5.74) is 1.38. The van der Waals surface area contributed by atoms with Crippen LogP contribution in [0.15, 0.2) is 52.3 Å². The molecule has 2 N–H and O–H groups in total. The Kier molecular flexibility index (Phi) is 6.55. The maximum Gasteiger partial charge on any atom is 0.341 e. The molecule has 0 aliphatic carbocycles. The van der Waals surface area contributed by atoms with Crippen molar-refractivity contribution in [3.8, 4) is 0 Å². The van der Waals surface area contributed by atoms with E-state index in [-0.39, 0.29) is 23.7 Å². The molecule has 2 rings (SSSR count). The van der Waals surface area contributed by atoms with E-state index >= 15 is 0 Å². The van der Waals surface area contributed by atoms with E-state index < -0.39 is 30.5 Å². The maximum atomic E-state index is 12.8. The second kappa shape index (κ2) is 8.32. The molecular weight excluding hydrogens is 398 g/mol. The molecule has 0 saturated carbocycles. The quantitative estimate of drug-likeness (QED) is 0.643. The first-order chi connectivity index (χ1) is 12.6. The predicted molar refractivity (Wildman–Crippen MR) is 99.2 cm³/mol. The molecule has 0 radical (unpaired) electrons. The fraction of sp³-hybridized carbons (Fsp3) is 0.294. The van der Waals surface area contributed by atoms with Crippen molar-refractivity contribution in [3.05, 3.63) is 53.6 Å². The van der Waals surface area contributed by atoms with Crippen LogP contribution in [0.5, 0.6) is 0 Å². The lowest BCUT2D eigenvalue weighted by atomic mass is 10.2. The lowest BCUT2D eigenvalue weighted by molar-refractivity contribution is 0.235. The third kappa shape index (κ3) is 5.02. The van der Waals surface area contributed by atoms with Gasteiger partial charge in [0.25, 0.3) is 0 Å². The van der Waals surface area contributed by atoms with Crippen molar-refractivity contribution < 1.29 is 25.6 Å². The van der Waals surface area contributed by atoms with Crippen molar-refractivity contribution in [1.29, 1.82) is 0 Å². The Morgan fingerprint density at radius 3 is 2.26 bits per heavy atom. The summed E-state index contributed by atoms with van der Waals surface area (Å²) in [6.45, 7) is 3.41. The van der Waals surface area contributed by atoms with Gasteiger partial charge in [0.05, 0.1) is 15.5 Å². The van der Waals surface area contributed by atoms with Crippen LogP contribution in [0, 0.1) is 13.8 Å². The highest BCUT2D eigenvalue weighted by atomic mass is 32.2. The average Bonchev–Trinajstić information content (AvgIpc) is 2.61. The smallest absolute Gasteiger partial charge is 0.341 e. The number of hydrogen-bond acceptors (Lipinski definition) is 5. The van der Waals surface area contributed by atoms with Gasteiger partial charge in [0, 0.05) is 13.1 Å². The van der Waals surface area contributed by atoms with Crippen molar-refractivity contribution in [2.45, 2.75) is 29.4 Å². The first kappa shape index (κ1) is 21.3. The molecule has 0 unspecified atom stereocenters. The molecule has 6 nitrogen and oxygen atoms in total. The molecule has 2 aromatic rings. The van der Waals surface area contributed by atoms with Crippen molar-refractivity contribution in [3.63, 3.8) is 0 Å². The van der Waals surface area contributed by atoms with E-state index in [1.54, 1.807) is 32.0 Å². The summed E-state index contributed by atoms with van der Waals surface area (Å²) < 4.78 is 76.1. The van der Waals surface area contributed by atoms with Gasteiger partial charge in [-0.1, -0.05) is 24.3 Å². The summed E-state index contributed by atoms with van der Waals surface area (Å²) >= 11 is 0. The number of anilines is 1. The molecule has 0 aliphatic rings. The van der Waals surface area contributed by atoms with Crippen molar-refractivity contribution in [1.82, 2.24) is 4.72 Å². The SMILES string of the molecule is Cc1ccc(C)c(S(=O)(=O)NCCNc2ccccc2S(=O)(=O)C(F)F)c1. The van der Waals surface area contributed by atoms with Crippen molar-refractivity contribution >= 4 is 25.5 Å². The molecule has 0 atom stereocenters. The number of para-hydroxylation sites is 1. The highest BCUT2D eigenvalue weighted by molar-refractivity contribution is 7.91. The van der Waals surface area contributed by atoms with Gasteiger partial charge in [-0.25, -0.2) is 21.6 Å². The zero-order valence-corrected chi connectivity index (χ0v) is 16.4. The molecule has 148 valence electrons. The summed E-state index contributed by atoms with van der Waals surface area (Å²) in [7, 11) is -8.51. The highest BCUT2D eigenvalue weighted by Gasteiger charge is 2.28. The third-order valence-electron chi connectivity index (χ3n) is 3.79. The van der Waals surface area contributed by atoms with Crippen LogP contribution in [-0.2, 0) is 19.9 Å². The molecule has 0 heterocycles. The van der Waals surface area contributed by atoms with E-state index in [0.717, 1.165) is 11.6 Å². The molecule has 0 bridgehead atoms. The molecular formula is C17H20F2N2O4S2. The number of hydrogen-bond donors (Lipinski definition) is 2. The number of alkyl halides is 2. The number of aryl methyl sites for hydroxylation is 2. The zero-order valence-electron chi connectivity index (χ0n) is 14.7. The molecule has 10 heteroatoms. The van der Waals surface area contributed by atoms with Gasteiger partial charge in [0.2, 0.25) is 19.9 Å². The lowest BCUT2D eigenvalue weighted by Crippen LogP contribution is -2.29.